The van der Waals surface area contributed by atoms with E-state index >= 15 is 0 Å². The molecular weight excluding hydrogens is 526 g/mol. The number of nitrogens with one attached hydrogen (secondary N) is 2. The fourth-order valence-corrected chi connectivity index (χ4v) is 4.81. The maximum absolute atomic E-state index is 14.1. The first-order valence-electron chi connectivity index (χ1n) is 12.6. The summed E-state index contributed by atoms with van der Waals surface area (Å²) >= 11 is 7.94. The summed E-state index contributed by atoms with van der Waals surface area (Å²) < 4.78 is 5.42. The van der Waals surface area contributed by atoms with Crippen LogP contribution in [-0.4, -0.2) is 57.6 Å². The Morgan fingerprint density at radius 3 is 2.37 bits per heavy atom. The molecule has 2 aromatic rings. The fraction of sp³-hybridized carbons (Fsp3) is 0.464. The number of benzene rings is 2. The van der Waals surface area contributed by atoms with Crippen LogP contribution in [-0.2, 0) is 14.3 Å². The summed E-state index contributed by atoms with van der Waals surface area (Å²) in [5.41, 5.74) is 1.06. The van der Waals surface area contributed by atoms with Crippen molar-refractivity contribution >= 4 is 47.0 Å². The molecule has 2 atom stereocenters. The molecule has 0 saturated heterocycles. The highest BCUT2D eigenvalue weighted by molar-refractivity contribution is 7.98. The van der Waals surface area contributed by atoms with Crippen molar-refractivity contribution in [2.24, 2.45) is 0 Å². The van der Waals surface area contributed by atoms with E-state index in [2.05, 4.69) is 10.6 Å². The van der Waals surface area contributed by atoms with Crippen LogP contribution in [0.5, 0.6) is 5.75 Å². The van der Waals surface area contributed by atoms with Gasteiger partial charge in [0.05, 0.1) is 10.7 Å². The minimum absolute atomic E-state index is 0.0450. The Bertz CT molecular complexity index is 1130. The highest BCUT2D eigenvalue weighted by atomic mass is 35.5. The van der Waals surface area contributed by atoms with E-state index in [1.807, 2.05) is 19.2 Å². The molecule has 0 radical (unpaired) electrons. The lowest BCUT2D eigenvalue weighted by molar-refractivity contribution is -0.141. The van der Waals surface area contributed by atoms with E-state index in [9.17, 15) is 19.5 Å². The van der Waals surface area contributed by atoms with Gasteiger partial charge in [0.1, 0.15) is 23.4 Å². The van der Waals surface area contributed by atoms with E-state index in [-0.39, 0.29) is 17.7 Å². The number of halogens is 1. The molecule has 0 aliphatic heterocycles. The van der Waals surface area contributed by atoms with Crippen molar-refractivity contribution < 1.29 is 24.2 Å². The van der Waals surface area contributed by atoms with Crippen molar-refractivity contribution in [3.63, 3.8) is 0 Å². The maximum atomic E-state index is 14.1. The first-order valence-corrected chi connectivity index (χ1v) is 14.3. The summed E-state index contributed by atoms with van der Waals surface area (Å²) in [5, 5.41) is 15.9. The van der Waals surface area contributed by atoms with Crippen LogP contribution in [0, 0.1) is 6.92 Å². The number of aryl methyl sites for hydroxylation is 1. The van der Waals surface area contributed by atoms with E-state index in [1.165, 1.54) is 12.1 Å². The predicted octanol–water partition coefficient (Wildman–Crippen LogP) is 5.67. The minimum Gasteiger partial charge on any atom is -0.508 e. The van der Waals surface area contributed by atoms with Crippen molar-refractivity contribution in [3.05, 3.63) is 58.6 Å². The van der Waals surface area contributed by atoms with Crippen LogP contribution in [0.15, 0.2) is 42.5 Å². The zero-order chi connectivity index (χ0) is 28.0. The second kappa shape index (κ2) is 12.8. The number of ether oxygens (including phenoxy) is 1. The number of phenols is 1. The summed E-state index contributed by atoms with van der Waals surface area (Å²) in [6.45, 7) is 7.10. The molecule has 0 heterocycles. The Morgan fingerprint density at radius 2 is 1.82 bits per heavy atom. The lowest BCUT2D eigenvalue weighted by atomic mass is 10.0. The van der Waals surface area contributed by atoms with Crippen LogP contribution < -0.4 is 10.6 Å². The Kier molecular flexibility index (Phi) is 9.95. The van der Waals surface area contributed by atoms with Gasteiger partial charge in [0.15, 0.2) is 0 Å². The summed E-state index contributed by atoms with van der Waals surface area (Å²) in [6, 6.07) is 9.47. The average molecular weight is 562 g/mol. The third-order valence-corrected chi connectivity index (χ3v) is 6.96. The van der Waals surface area contributed by atoms with E-state index in [1.54, 1.807) is 61.7 Å². The summed E-state index contributed by atoms with van der Waals surface area (Å²) in [5.74, 6) is -0.132. The van der Waals surface area contributed by atoms with Crippen molar-refractivity contribution in [1.82, 2.24) is 10.2 Å². The number of carbonyl (C=O) groups excluding carboxylic acids is 3. The van der Waals surface area contributed by atoms with Gasteiger partial charge in [-0.3, -0.25) is 9.59 Å². The number of nitrogens with zero attached hydrogens (tertiary/aromatic N) is 1. The van der Waals surface area contributed by atoms with Gasteiger partial charge >= 0.3 is 6.09 Å². The fourth-order valence-electron chi connectivity index (χ4n) is 4.07. The lowest BCUT2D eigenvalue weighted by Gasteiger charge is -2.35. The van der Waals surface area contributed by atoms with E-state index in [0.29, 0.717) is 28.4 Å². The van der Waals surface area contributed by atoms with Crippen LogP contribution in [0.4, 0.5) is 10.5 Å². The largest absolute Gasteiger partial charge is 0.508 e. The number of anilines is 1. The number of rotatable bonds is 10. The Balaban J connectivity index is 1.99. The SMILES string of the molecule is CSCCC(NC(=O)OC(C)(C)C)C(=O)N(C1CC1)C(C(=O)Nc1c(C)cccc1Cl)c1ccc(O)cc1. The van der Waals surface area contributed by atoms with Crippen LogP contribution in [0.2, 0.25) is 5.02 Å². The van der Waals surface area contributed by atoms with Gasteiger partial charge in [-0.1, -0.05) is 35.9 Å². The molecule has 0 bridgehead atoms. The molecular formula is C28H36ClN3O5S. The van der Waals surface area contributed by atoms with Gasteiger partial charge in [-0.05, 0) is 88.3 Å². The highest BCUT2D eigenvalue weighted by Crippen LogP contribution is 2.37. The minimum atomic E-state index is -1.01. The lowest BCUT2D eigenvalue weighted by Crippen LogP contribution is -2.53. The van der Waals surface area contributed by atoms with Crippen molar-refractivity contribution in [2.75, 3.05) is 17.3 Å². The molecule has 1 aliphatic carbocycles. The molecule has 2 aromatic carbocycles. The van der Waals surface area contributed by atoms with Crippen molar-refractivity contribution in [3.8, 4) is 5.75 Å². The molecule has 3 N–H and O–H groups in total. The van der Waals surface area contributed by atoms with E-state index in [0.717, 1.165) is 18.4 Å². The van der Waals surface area contributed by atoms with Gasteiger partial charge in [-0.2, -0.15) is 11.8 Å². The van der Waals surface area contributed by atoms with Crippen molar-refractivity contribution in [2.45, 2.75) is 70.7 Å². The highest BCUT2D eigenvalue weighted by Gasteiger charge is 2.44. The van der Waals surface area contributed by atoms with Crippen LogP contribution in [0.25, 0.3) is 0 Å². The quantitative estimate of drug-likeness (QED) is 0.345. The summed E-state index contributed by atoms with van der Waals surface area (Å²) in [7, 11) is 0. The first kappa shape index (κ1) is 29.6. The molecule has 1 aliphatic rings. The second-order valence-electron chi connectivity index (χ2n) is 10.4. The Hall–Kier alpha value is -2.91. The third kappa shape index (κ3) is 8.04. The molecule has 1 fully saturated rings. The van der Waals surface area contributed by atoms with Crippen LogP contribution in [0.3, 0.4) is 0 Å². The Morgan fingerprint density at radius 1 is 1.16 bits per heavy atom. The number of aromatic hydroxyl groups is 1. The monoisotopic (exact) mass is 561 g/mol. The molecule has 206 valence electrons. The van der Waals surface area contributed by atoms with Gasteiger partial charge in [-0.25, -0.2) is 4.79 Å². The van der Waals surface area contributed by atoms with Gasteiger partial charge in [0, 0.05) is 6.04 Å². The normalized spacial score (nSPS) is 14.8. The van der Waals surface area contributed by atoms with Crippen LogP contribution >= 0.6 is 23.4 Å². The molecule has 38 heavy (non-hydrogen) atoms. The summed E-state index contributed by atoms with van der Waals surface area (Å²) in [4.78, 5) is 42.2. The molecule has 0 aromatic heterocycles. The predicted molar refractivity (Wildman–Crippen MR) is 152 cm³/mol. The second-order valence-corrected chi connectivity index (χ2v) is 11.8. The third-order valence-electron chi connectivity index (χ3n) is 6.00. The molecule has 0 spiro atoms. The Labute approximate surface area is 233 Å². The number of thioether (sulfide) groups is 1. The zero-order valence-corrected chi connectivity index (χ0v) is 24.0. The van der Waals surface area contributed by atoms with Crippen molar-refractivity contribution in [1.29, 1.82) is 0 Å². The van der Waals surface area contributed by atoms with E-state index < -0.39 is 29.7 Å². The van der Waals surface area contributed by atoms with Gasteiger partial charge in [-0.15, -0.1) is 0 Å². The number of alkyl carbamates (subject to hydrolysis) is 1. The van der Waals surface area contributed by atoms with Gasteiger partial charge in [0.25, 0.3) is 5.91 Å². The topological polar surface area (TPSA) is 108 Å². The molecule has 2 unspecified atom stereocenters. The molecule has 1 saturated carbocycles. The molecule has 8 nitrogen and oxygen atoms in total. The van der Waals surface area contributed by atoms with Crippen LogP contribution in [0.1, 0.15) is 57.2 Å². The maximum Gasteiger partial charge on any atom is 0.408 e. The van der Waals surface area contributed by atoms with Gasteiger partial charge in [0.2, 0.25) is 5.91 Å². The molecule has 10 heteroatoms. The number of amides is 3. The van der Waals surface area contributed by atoms with E-state index in [4.69, 9.17) is 16.3 Å². The zero-order valence-electron chi connectivity index (χ0n) is 22.4. The first-order chi connectivity index (χ1) is 17.9. The average Bonchev–Trinajstić information content (AvgIpc) is 3.67. The number of hydrogen-bond acceptors (Lipinski definition) is 6. The number of carbonyl (C=O) groups is 3. The number of para-hydroxylation sites is 1. The number of hydrogen-bond donors (Lipinski definition) is 3. The summed E-state index contributed by atoms with van der Waals surface area (Å²) in [6.07, 6.45) is 3.08. The smallest absolute Gasteiger partial charge is 0.408 e. The molecule has 3 amide bonds. The number of phenolic OH excluding ortho intramolecular Hbond substituents is 1. The molecule has 3 rings (SSSR count). The van der Waals surface area contributed by atoms with Gasteiger partial charge < -0.3 is 25.4 Å². The standard InChI is InChI=1S/C28H36ClN3O5S/c1-17-7-6-8-21(29)23(17)31-25(34)24(18-9-13-20(33)14-10-18)32(19-11-12-19)26(35)22(15-16-38-5)30-27(36)37-28(2,3)4/h6-10,13-14,19,22,24,33H,11-12,15-16H2,1-5H3,(H,30,36)(H,31,34).